The van der Waals surface area contributed by atoms with Crippen LogP contribution in [0.1, 0.15) is 15.9 Å². The van der Waals surface area contributed by atoms with Crippen LogP contribution < -0.4 is 5.32 Å². The van der Waals surface area contributed by atoms with Gasteiger partial charge < -0.3 is 15.3 Å². The Bertz CT molecular complexity index is 983. The molecular weight excluding hydrogens is 303 g/mol. The second-order valence-electron chi connectivity index (χ2n) is 4.60. The summed E-state index contributed by atoms with van der Waals surface area (Å²) in [5, 5.41) is 11.5. The molecule has 3 rings (SSSR count). The van der Waals surface area contributed by atoms with Crippen LogP contribution in [0.3, 0.4) is 0 Å². The van der Waals surface area contributed by atoms with Crippen molar-refractivity contribution in [2.24, 2.45) is 0 Å². The fourth-order valence-electron chi connectivity index (χ4n) is 2.15. The number of hydrogen-bond donors (Lipinski definition) is 3. The molecule has 0 aliphatic heterocycles. The highest BCUT2D eigenvalue weighted by molar-refractivity contribution is 7.71. The third-order valence-corrected chi connectivity index (χ3v) is 3.29. The summed E-state index contributed by atoms with van der Waals surface area (Å²) in [6, 6.07) is 10.8. The van der Waals surface area contributed by atoms with Crippen molar-refractivity contribution in [1.82, 2.24) is 9.97 Å². The van der Waals surface area contributed by atoms with Gasteiger partial charge in [-0.2, -0.15) is 5.26 Å². The predicted molar refractivity (Wildman–Crippen MR) is 82.6 cm³/mol. The molecule has 0 bridgehead atoms. The minimum absolute atomic E-state index is 0.129. The summed E-state index contributed by atoms with van der Waals surface area (Å²) in [5.74, 6) is -1.04. The normalized spacial score (nSPS) is 10.4. The number of H-pyrrole nitrogens is 2. The number of nitrogens with zero attached hydrogens (tertiary/aromatic N) is 1. The van der Waals surface area contributed by atoms with Crippen molar-refractivity contribution in [2.45, 2.75) is 0 Å². The van der Waals surface area contributed by atoms with Crippen LogP contribution in [0.2, 0.25) is 0 Å². The summed E-state index contributed by atoms with van der Waals surface area (Å²) >= 11 is 4.96. The quantitative estimate of drug-likeness (QED) is 0.633. The van der Waals surface area contributed by atoms with Crippen LogP contribution in [0.4, 0.5) is 10.1 Å². The molecule has 5 nitrogen and oxygen atoms in total. The van der Waals surface area contributed by atoms with Crippen LogP contribution in [0.15, 0.2) is 36.4 Å². The van der Waals surface area contributed by atoms with E-state index in [1.54, 1.807) is 18.2 Å². The molecule has 2 aromatic carbocycles. The fraction of sp³-hybridized carbons (Fsp3) is 0. The number of nitrogens with one attached hydrogen (secondary N) is 3. The number of anilines is 1. The first-order chi connectivity index (χ1) is 10.6. The number of fused-ring (bicyclic) bond motifs is 1. The summed E-state index contributed by atoms with van der Waals surface area (Å²) in [4.78, 5) is 18.0. The van der Waals surface area contributed by atoms with Crippen LogP contribution >= 0.6 is 12.2 Å². The van der Waals surface area contributed by atoms with Crippen molar-refractivity contribution in [2.75, 3.05) is 5.32 Å². The van der Waals surface area contributed by atoms with Crippen LogP contribution in [0.25, 0.3) is 11.0 Å². The Labute approximate surface area is 129 Å². The number of carbonyl (C=O) groups excluding carboxylic acids is 1. The van der Waals surface area contributed by atoms with E-state index in [2.05, 4.69) is 15.3 Å². The number of hydrogen-bond acceptors (Lipinski definition) is 3. The van der Waals surface area contributed by atoms with Gasteiger partial charge in [0.05, 0.1) is 28.2 Å². The SMILES string of the molecule is N#Cc1cccc(NC(=O)c2cc(F)cc3[nH]c(=S)[nH]c23)c1. The van der Waals surface area contributed by atoms with Gasteiger partial charge in [0, 0.05) is 5.69 Å². The second-order valence-corrected chi connectivity index (χ2v) is 5.01. The number of aromatic amines is 2. The lowest BCUT2D eigenvalue weighted by molar-refractivity contribution is 0.102. The monoisotopic (exact) mass is 312 g/mol. The number of benzene rings is 2. The molecule has 0 atom stereocenters. The van der Waals surface area contributed by atoms with Gasteiger partial charge in [-0.3, -0.25) is 4.79 Å². The summed E-state index contributed by atoms with van der Waals surface area (Å²) in [7, 11) is 0. The molecule has 0 aliphatic rings. The number of rotatable bonds is 2. The van der Waals surface area contributed by atoms with E-state index in [4.69, 9.17) is 17.5 Å². The largest absolute Gasteiger partial charge is 0.331 e. The Balaban J connectivity index is 2.02. The van der Waals surface area contributed by atoms with Crippen LogP contribution in [-0.2, 0) is 0 Å². The maximum atomic E-state index is 13.6. The third-order valence-electron chi connectivity index (χ3n) is 3.08. The molecule has 0 spiro atoms. The smallest absolute Gasteiger partial charge is 0.257 e. The van der Waals surface area contributed by atoms with E-state index in [9.17, 15) is 9.18 Å². The predicted octanol–water partition coefficient (Wildman–Crippen LogP) is 3.49. The molecule has 3 N–H and O–H groups in total. The lowest BCUT2D eigenvalue weighted by Gasteiger charge is -2.06. The number of amides is 1. The van der Waals surface area contributed by atoms with Crippen molar-refractivity contribution in [1.29, 1.82) is 5.26 Å². The van der Waals surface area contributed by atoms with Crippen LogP contribution in [0.5, 0.6) is 0 Å². The van der Waals surface area contributed by atoms with Crippen molar-refractivity contribution in [3.63, 3.8) is 0 Å². The number of nitriles is 1. The molecule has 7 heteroatoms. The maximum Gasteiger partial charge on any atom is 0.257 e. The average molecular weight is 312 g/mol. The van der Waals surface area contributed by atoms with E-state index in [0.29, 0.717) is 27.1 Å². The van der Waals surface area contributed by atoms with Gasteiger partial charge in [-0.05, 0) is 42.5 Å². The number of carbonyl (C=O) groups is 1. The molecule has 0 fully saturated rings. The first kappa shape index (κ1) is 14.0. The van der Waals surface area contributed by atoms with E-state index in [1.807, 2.05) is 6.07 Å². The summed E-state index contributed by atoms with van der Waals surface area (Å²) in [6.07, 6.45) is 0. The summed E-state index contributed by atoms with van der Waals surface area (Å²) in [5.41, 5.74) is 1.85. The fourth-order valence-corrected chi connectivity index (χ4v) is 2.36. The molecule has 3 aromatic rings. The zero-order valence-electron chi connectivity index (χ0n) is 11.1. The molecule has 22 heavy (non-hydrogen) atoms. The molecule has 0 radical (unpaired) electrons. The van der Waals surface area contributed by atoms with E-state index in [-0.39, 0.29) is 5.56 Å². The molecule has 1 amide bonds. The van der Waals surface area contributed by atoms with E-state index in [0.717, 1.165) is 6.07 Å². The Hall–Kier alpha value is -2.98. The van der Waals surface area contributed by atoms with Gasteiger partial charge in [0.2, 0.25) is 0 Å². The zero-order chi connectivity index (χ0) is 15.7. The Morgan fingerprint density at radius 3 is 2.86 bits per heavy atom. The molecule has 108 valence electrons. The maximum absolute atomic E-state index is 13.6. The van der Waals surface area contributed by atoms with Gasteiger partial charge in [-0.1, -0.05) is 6.07 Å². The highest BCUT2D eigenvalue weighted by atomic mass is 32.1. The molecule has 0 saturated carbocycles. The van der Waals surface area contributed by atoms with Crippen molar-refractivity contribution in [3.8, 4) is 6.07 Å². The highest BCUT2D eigenvalue weighted by Gasteiger charge is 2.14. The number of halogens is 1. The van der Waals surface area contributed by atoms with Gasteiger partial charge in [-0.25, -0.2) is 4.39 Å². The van der Waals surface area contributed by atoms with Gasteiger partial charge in [-0.15, -0.1) is 0 Å². The highest BCUT2D eigenvalue weighted by Crippen LogP contribution is 2.20. The lowest BCUT2D eigenvalue weighted by Crippen LogP contribution is -2.13. The third kappa shape index (κ3) is 2.60. The van der Waals surface area contributed by atoms with Gasteiger partial charge in [0.15, 0.2) is 4.77 Å². The Kier molecular flexibility index (Phi) is 3.45. The molecule has 1 heterocycles. The molecule has 0 aliphatic carbocycles. The van der Waals surface area contributed by atoms with E-state index in [1.165, 1.54) is 12.1 Å². The number of aromatic nitrogens is 2. The molecule has 0 saturated heterocycles. The standard InChI is InChI=1S/C15H9FN4OS/c16-9-5-11(13-12(6-9)19-15(22)20-13)14(21)18-10-3-1-2-8(4-10)7-17/h1-6H,(H,18,21)(H2,19,20,22). The van der Waals surface area contributed by atoms with Crippen LogP contribution in [0, 0.1) is 21.9 Å². The van der Waals surface area contributed by atoms with Crippen molar-refractivity contribution >= 4 is 34.8 Å². The molecular formula is C15H9FN4OS. The van der Waals surface area contributed by atoms with Crippen molar-refractivity contribution < 1.29 is 9.18 Å². The summed E-state index contributed by atoms with van der Waals surface area (Å²) < 4.78 is 13.9. The molecule has 0 unspecified atom stereocenters. The topological polar surface area (TPSA) is 84.5 Å². The Morgan fingerprint density at radius 2 is 2.09 bits per heavy atom. The molecule has 1 aromatic heterocycles. The van der Waals surface area contributed by atoms with E-state index < -0.39 is 11.7 Å². The summed E-state index contributed by atoms with van der Waals surface area (Å²) in [6.45, 7) is 0. The van der Waals surface area contributed by atoms with Gasteiger partial charge in [0.1, 0.15) is 5.82 Å². The van der Waals surface area contributed by atoms with Crippen molar-refractivity contribution in [3.05, 3.63) is 58.1 Å². The number of imidazole rings is 1. The van der Waals surface area contributed by atoms with Gasteiger partial charge in [0.25, 0.3) is 5.91 Å². The lowest BCUT2D eigenvalue weighted by atomic mass is 10.1. The Morgan fingerprint density at radius 1 is 1.27 bits per heavy atom. The zero-order valence-corrected chi connectivity index (χ0v) is 11.9. The first-order valence-corrected chi connectivity index (χ1v) is 6.71. The average Bonchev–Trinajstić information content (AvgIpc) is 2.86. The first-order valence-electron chi connectivity index (χ1n) is 6.30. The second kappa shape index (κ2) is 5.42. The minimum Gasteiger partial charge on any atom is -0.331 e. The van der Waals surface area contributed by atoms with Crippen LogP contribution in [-0.4, -0.2) is 15.9 Å². The minimum atomic E-state index is -0.548. The van der Waals surface area contributed by atoms with Gasteiger partial charge >= 0.3 is 0 Å². The van der Waals surface area contributed by atoms with E-state index >= 15 is 0 Å².